The second-order valence-electron chi connectivity index (χ2n) is 4.96. The highest BCUT2D eigenvalue weighted by molar-refractivity contribution is 5.94. The number of rotatable bonds is 5. The van der Waals surface area contributed by atoms with Crippen molar-refractivity contribution < 1.29 is 19.1 Å². The van der Waals surface area contributed by atoms with Crippen molar-refractivity contribution in [2.45, 2.75) is 26.2 Å². The van der Waals surface area contributed by atoms with Crippen LogP contribution in [0.25, 0.3) is 0 Å². The minimum Gasteiger partial charge on any atom is -0.469 e. The maximum atomic E-state index is 12.1. The third kappa shape index (κ3) is 4.54. The van der Waals surface area contributed by atoms with Crippen molar-refractivity contribution in [1.82, 2.24) is 9.80 Å². The highest BCUT2D eigenvalue weighted by Crippen LogP contribution is 2.12. The molecule has 1 saturated heterocycles. The highest BCUT2D eigenvalue weighted by atomic mass is 16.5. The summed E-state index contributed by atoms with van der Waals surface area (Å²) >= 11 is 0. The Morgan fingerprint density at radius 1 is 1.26 bits per heavy atom. The van der Waals surface area contributed by atoms with E-state index in [1.165, 1.54) is 12.0 Å². The van der Waals surface area contributed by atoms with E-state index in [1.807, 2.05) is 11.8 Å². The second-order valence-corrected chi connectivity index (χ2v) is 4.96. The molecular weight excluding hydrogens is 248 g/mol. The van der Waals surface area contributed by atoms with E-state index in [0.29, 0.717) is 6.54 Å². The van der Waals surface area contributed by atoms with Gasteiger partial charge in [0.25, 0.3) is 0 Å². The fourth-order valence-electron chi connectivity index (χ4n) is 2.17. The highest BCUT2D eigenvalue weighted by Gasteiger charge is 2.25. The summed E-state index contributed by atoms with van der Waals surface area (Å²) in [6.07, 6.45) is 1.82. The normalized spacial score (nSPS) is 16.1. The Labute approximate surface area is 113 Å². The van der Waals surface area contributed by atoms with Crippen LogP contribution in [-0.4, -0.2) is 61.4 Å². The summed E-state index contributed by atoms with van der Waals surface area (Å²) in [5, 5.41) is 0. The Morgan fingerprint density at radius 3 is 2.37 bits per heavy atom. The molecule has 1 fully saturated rings. The quantitative estimate of drug-likeness (QED) is 0.531. The van der Waals surface area contributed by atoms with Gasteiger partial charge in [0, 0.05) is 26.7 Å². The van der Waals surface area contributed by atoms with Gasteiger partial charge in [-0.05, 0) is 12.8 Å². The number of carbonyl (C=O) groups is 3. The zero-order chi connectivity index (χ0) is 14.4. The maximum absolute atomic E-state index is 12.1. The van der Waals surface area contributed by atoms with E-state index in [0.717, 1.165) is 25.9 Å². The van der Waals surface area contributed by atoms with Crippen molar-refractivity contribution in [3.63, 3.8) is 0 Å². The summed E-state index contributed by atoms with van der Waals surface area (Å²) in [6.45, 7) is 3.75. The number of carbonyl (C=O) groups excluding carboxylic acids is 3. The predicted octanol–water partition coefficient (Wildman–Crippen LogP) is 0.266. The average molecular weight is 270 g/mol. The zero-order valence-electron chi connectivity index (χ0n) is 11.8. The molecule has 0 radical (unpaired) electrons. The van der Waals surface area contributed by atoms with Crippen molar-refractivity contribution in [3.05, 3.63) is 0 Å². The fourth-order valence-corrected chi connectivity index (χ4v) is 2.17. The van der Waals surface area contributed by atoms with Crippen LogP contribution in [0.2, 0.25) is 0 Å². The smallest absolute Gasteiger partial charge is 0.315 e. The monoisotopic (exact) mass is 270 g/mol. The Balaban J connectivity index is 2.41. The van der Waals surface area contributed by atoms with Crippen molar-refractivity contribution >= 4 is 17.8 Å². The maximum Gasteiger partial charge on any atom is 0.315 e. The first-order valence-electron chi connectivity index (χ1n) is 6.55. The van der Waals surface area contributed by atoms with Gasteiger partial charge in [0.05, 0.1) is 13.0 Å². The number of nitrogens with zero attached hydrogens (tertiary/aromatic N) is 2. The SMILES string of the molecule is COC(=O)CC(=O)N(C)CC(C)C(=O)N1CCCC1. The Hall–Kier alpha value is -1.59. The van der Waals surface area contributed by atoms with Crippen LogP contribution in [-0.2, 0) is 19.1 Å². The summed E-state index contributed by atoms with van der Waals surface area (Å²) < 4.78 is 4.44. The van der Waals surface area contributed by atoms with Crippen LogP contribution in [0.5, 0.6) is 0 Å². The molecule has 1 unspecified atom stereocenters. The number of esters is 1. The van der Waals surface area contributed by atoms with E-state index in [9.17, 15) is 14.4 Å². The molecule has 1 rings (SSSR count). The zero-order valence-corrected chi connectivity index (χ0v) is 11.8. The van der Waals surface area contributed by atoms with E-state index in [-0.39, 0.29) is 24.2 Å². The lowest BCUT2D eigenvalue weighted by Crippen LogP contribution is -2.40. The lowest BCUT2D eigenvalue weighted by molar-refractivity contribution is -0.146. The summed E-state index contributed by atoms with van der Waals surface area (Å²) in [7, 11) is 2.84. The minimum atomic E-state index is -0.560. The number of amides is 2. The van der Waals surface area contributed by atoms with Crippen LogP contribution in [0.3, 0.4) is 0 Å². The topological polar surface area (TPSA) is 66.9 Å². The van der Waals surface area contributed by atoms with Crippen LogP contribution in [0.1, 0.15) is 26.2 Å². The van der Waals surface area contributed by atoms with E-state index in [1.54, 1.807) is 7.05 Å². The van der Waals surface area contributed by atoms with Gasteiger partial charge in [0.2, 0.25) is 11.8 Å². The number of hydrogen-bond donors (Lipinski definition) is 0. The molecule has 0 aromatic carbocycles. The molecule has 0 N–H and O–H groups in total. The lowest BCUT2D eigenvalue weighted by Gasteiger charge is -2.24. The van der Waals surface area contributed by atoms with E-state index in [4.69, 9.17) is 0 Å². The van der Waals surface area contributed by atoms with Gasteiger partial charge < -0.3 is 14.5 Å². The molecule has 1 heterocycles. The van der Waals surface area contributed by atoms with Gasteiger partial charge in [-0.2, -0.15) is 0 Å². The molecule has 19 heavy (non-hydrogen) atoms. The molecule has 0 saturated carbocycles. The van der Waals surface area contributed by atoms with Crippen LogP contribution >= 0.6 is 0 Å². The largest absolute Gasteiger partial charge is 0.469 e. The van der Waals surface area contributed by atoms with Crippen LogP contribution in [0.4, 0.5) is 0 Å². The average Bonchev–Trinajstić information content (AvgIpc) is 2.91. The third-order valence-electron chi connectivity index (χ3n) is 3.34. The molecule has 0 spiro atoms. The molecule has 1 aliphatic rings. The Kier molecular flexibility index (Phi) is 5.79. The van der Waals surface area contributed by atoms with Gasteiger partial charge in [0.15, 0.2) is 0 Å². The molecule has 0 bridgehead atoms. The minimum absolute atomic E-state index is 0.0789. The summed E-state index contributed by atoms with van der Waals surface area (Å²) in [5.41, 5.74) is 0. The molecule has 2 amide bonds. The second kappa shape index (κ2) is 7.11. The van der Waals surface area contributed by atoms with Gasteiger partial charge in [-0.25, -0.2) is 0 Å². The van der Waals surface area contributed by atoms with Crippen LogP contribution < -0.4 is 0 Å². The standard InChI is InChI=1S/C13H22N2O4/c1-10(13(18)15-6-4-5-7-15)9-14(2)11(16)8-12(17)19-3/h10H,4-9H2,1-3H3. The number of methoxy groups -OCH3 is 1. The van der Waals surface area contributed by atoms with Crippen LogP contribution in [0, 0.1) is 5.92 Å². The molecule has 0 aliphatic carbocycles. The molecular formula is C13H22N2O4. The van der Waals surface area contributed by atoms with Gasteiger partial charge in [-0.3, -0.25) is 14.4 Å². The van der Waals surface area contributed by atoms with Gasteiger partial charge in [0.1, 0.15) is 6.42 Å². The van der Waals surface area contributed by atoms with E-state index >= 15 is 0 Å². The van der Waals surface area contributed by atoms with Gasteiger partial charge in [-0.15, -0.1) is 0 Å². The molecule has 1 atom stereocenters. The molecule has 1 aliphatic heterocycles. The van der Waals surface area contributed by atoms with Crippen molar-refractivity contribution in [2.75, 3.05) is 33.8 Å². The number of likely N-dealkylation sites (tertiary alicyclic amines) is 1. The van der Waals surface area contributed by atoms with Crippen molar-refractivity contribution in [2.24, 2.45) is 5.92 Å². The summed E-state index contributed by atoms with van der Waals surface area (Å²) in [5.74, 6) is -1.05. The summed E-state index contributed by atoms with van der Waals surface area (Å²) in [6, 6.07) is 0. The molecule has 0 aromatic heterocycles. The predicted molar refractivity (Wildman–Crippen MR) is 69.2 cm³/mol. The molecule has 6 heteroatoms. The lowest BCUT2D eigenvalue weighted by atomic mass is 10.1. The fraction of sp³-hybridized carbons (Fsp3) is 0.769. The van der Waals surface area contributed by atoms with Crippen molar-refractivity contribution in [3.8, 4) is 0 Å². The van der Waals surface area contributed by atoms with Crippen molar-refractivity contribution in [1.29, 1.82) is 0 Å². The Morgan fingerprint density at radius 2 is 1.84 bits per heavy atom. The van der Waals surface area contributed by atoms with E-state index < -0.39 is 5.97 Å². The number of hydrogen-bond acceptors (Lipinski definition) is 4. The number of ether oxygens (including phenoxy) is 1. The molecule has 6 nitrogen and oxygen atoms in total. The first-order chi connectivity index (χ1) is 8.95. The first kappa shape index (κ1) is 15.5. The van der Waals surface area contributed by atoms with E-state index in [2.05, 4.69) is 4.74 Å². The summed E-state index contributed by atoms with van der Waals surface area (Å²) in [4.78, 5) is 38.0. The van der Waals surface area contributed by atoms with Gasteiger partial charge in [-0.1, -0.05) is 6.92 Å². The molecule has 0 aromatic rings. The van der Waals surface area contributed by atoms with Gasteiger partial charge >= 0.3 is 5.97 Å². The molecule has 108 valence electrons. The third-order valence-corrected chi connectivity index (χ3v) is 3.34. The first-order valence-corrected chi connectivity index (χ1v) is 6.55. The Bertz CT molecular complexity index is 351. The van der Waals surface area contributed by atoms with Crippen LogP contribution in [0.15, 0.2) is 0 Å².